The van der Waals surface area contributed by atoms with Gasteiger partial charge < -0.3 is 15.3 Å². The quantitative estimate of drug-likeness (QED) is 0.872. The predicted octanol–water partition coefficient (Wildman–Crippen LogP) is 2.10. The molecule has 2 unspecified atom stereocenters. The van der Waals surface area contributed by atoms with Gasteiger partial charge in [0, 0.05) is 31.1 Å². The molecule has 1 aromatic rings. The molecule has 0 spiro atoms. The summed E-state index contributed by atoms with van der Waals surface area (Å²) < 4.78 is 0. The van der Waals surface area contributed by atoms with Gasteiger partial charge >= 0.3 is 12.0 Å². The second kappa shape index (κ2) is 6.69. The molecular weight excluding hydrogens is 278 g/mol. The van der Waals surface area contributed by atoms with E-state index in [2.05, 4.69) is 10.3 Å². The molecule has 0 bridgehead atoms. The van der Waals surface area contributed by atoms with Crippen LogP contribution in [0.15, 0.2) is 11.6 Å². The Morgan fingerprint density at radius 2 is 2.45 bits per heavy atom. The number of rotatable bonds is 5. The molecule has 2 rings (SSSR count). The molecule has 2 atom stereocenters. The van der Waals surface area contributed by atoms with Crippen LogP contribution in [0.4, 0.5) is 4.79 Å². The number of thiazole rings is 1. The van der Waals surface area contributed by atoms with Gasteiger partial charge in [0.25, 0.3) is 0 Å². The number of nitrogens with zero attached hydrogens (tertiary/aromatic N) is 2. The zero-order valence-electron chi connectivity index (χ0n) is 11.4. The van der Waals surface area contributed by atoms with Gasteiger partial charge in [0.1, 0.15) is 5.01 Å². The number of nitrogens with one attached hydrogen (secondary N) is 1. The van der Waals surface area contributed by atoms with Crippen LogP contribution in [0.1, 0.15) is 37.2 Å². The molecule has 1 aromatic heterocycles. The summed E-state index contributed by atoms with van der Waals surface area (Å²) >= 11 is 1.53. The van der Waals surface area contributed by atoms with E-state index in [0.717, 1.165) is 17.8 Å². The van der Waals surface area contributed by atoms with E-state index >= 15 is 0 Å². The summed E-state index contributed by atoms with van der Waals surface area (Å²) in [7, 11) is 0. The van der Waals surface area contributed by atoms with Gasteiger partial charge in [-0.3, -0.25) is 4.79 Å². The SMILES string of the molecule is CCC(NC(=O)N1CCC(CC(=O)O)C1)c1nccs1. The molecule has 0 aliphatic carbocycles. The van der Waals surface area contributed by atoms with Crippen molar-refractivity contribution in [1.29, 1.82) is 0 Å². The molecule has 2 amide bonds. The Kier molecular flexibility index (Phi) is 4.94. The summed E-state index contributed by atoms with van der Waals surface area (Å²) in [5, 5.41) is 14.6. The van der Waals surface area contributed by atoms with Crippen molar-refractivity contribution in [2.45, 2.75) is 32.2 Å². The number of urea groups is 1. The summed E-state index contributed by atoms with van der Waals surface area (Å²) in [6.07, 6.45) is 3.40. The van der Waals surface area contributed by atoms with Crippen LogP contribution in [0.5, 0.6) is 0 Å². The standard InChI is InChI=1S/C13H19N3O3S/c1-2-10(12-14-4-6-20-12)15-13(19)16-5-3-9(8-16)7-11(17)18/h4,6,9-10H,2-3,5,7-8H2,1H3,(H,15,19)(H,17,18). The van der Waals surface area contributed by atoms with Gasteiger partial charge in [-0.1, -0.05) is 6.92 Å². The minimum atomic E-state index is -0.800. The molecule has 6 nitrogen and oxygen atoms in total. The van der Waals surface area contributed by atoms with E-state index < -0.39 is 5.97 Å². The molecule has 1 aliphatic heterocycles. The van der Waals surface area contributed by atoms with Crippen molar-refractivity contribution >= 4 is 23.3 Å². The topological polar surface area (TPSA) is 82.5 Å². The fourth-order valence-electron chi connectivity index (χ4n) is 2.42. The van der Waals surface area contributed by atoms with Crippen LogP contribution in [0, 0.1) is 5.92 Å². The van der Waals surface area contributed by atoms with E-state index in [1.807, 2.05) is 12.3 Å². The van der Waals surface area contributed by atoms with Crippen LogP contribution >= 0.6 is 11.3 Å². The van der Waals surface area contributed by atoms with Crippen molar-refractivity contribution in [1.82, 2.24) is 15.2 Å². The second-order valence-electron chi connectivity index (χ2n) is 4.98. The van der Waals surface area contributed by atoms with Crippen LogP contribution in [-0.4, -0.2) is 40.1 Å². The molecule has 0 aromatic carbocycles. The van der Waals surface area contributed by atoms with Gasteiger partial charge in [-0.15, -0.1) is 11.3 Å². The lowest BCUT2D eigenvalue weighted by Gasteiger charge is -2.21. The fraction of sp³-hybridized carbons (Fsp3) is 0.615. The van der Waals surface area contributed by atoms with Crippen LogP contribution in [0.25, 0.3) is 0 Å². The van der Waals surface area contributed by atoms with E-state index in [-0.39, 0.29) is 24.4 Å². The lowest BCUT2D eigenvalue weighted by Crippen LogP contribution is -2.40. The number of likely N-dealkylation sites (tertiary alicyclic amines) is 1. The Balaban J connectivity index is 1.87. The maximum Gasteiger partial charge on any atom is 0.317 e. The highest BCUT2D eigenvalue weighted by molar-refractivity contribution is 7.09. The second-order valence-corrected chi connectivity index (χ2v) is 5.91. The number of carbonyl (C=O) groups excluding carboxylic acids is 1. The Labute approximate surface area is 121 Å². The van der Waals surface area contributed by atoms with E-state index in [4.69, 9.17) is 5.11 Å². The maximum atomic E-state index is 12.2. The highest BCUT2D eigenvalue weighted by Crippen LogP contribution is 2.22. The van der Waals surface area contributed by atoms with E-state index in [9.17, 15) is 9.59 Å². The lowest BCUT2D eigenvalue weighted by atomic mass is 10.1. The molecule has 0 saturated carbocycles. The first-order valence-electron chi connectivity index (χ1n) is 6.76. The lowest BCUT2D eigenvalue weighted by molar-refractivity contribution is -0.138. The molecule has 2 heterocycles. The number of amides is 2. The van der Waals surface area contributed by atoms with Crippen LogP contribution in [-0.2, 0) is 4.79 Å². The van der Waals surface area contributed by atoms with Crippen molar-refractivity contribution in [3.63, 3.8) is 0 Å². The number of aliphatic carboxylic acids is 1. The summed E-state index contributed by atoms with van der Waals surface area (Å²) in [5.74, 6) is -0.732. The van der Waals surface area contributed by atoms with Crippen molar-refractivity contribution in [2.24, 2.45) is 5.92 Å². The first-order valence-corrected chi connectivity index (χ1v) is 7.64. The van der Waals surface area contributed by atoms with Gasteiger partial charge in [0.05, 0.1) is 6.04 Å². The summed E-state index contributed by atoms with van der Waals surface area (Å²) in [5.41, 5.74) is 0. The first kappa shape index (κ1) is 14.8. The monoisotopic (exact) mass is 297 g/mol. The number of carboxylic acid groups (broad SMARTS) is 1. The van der Waals surface area contributed by atoms with Gasteiger partial charge in [0.2, 0.25) is 0 Å². The Hall–Kier alpha value is -1.63. The average molecular weight is 297 g/mol. The third kappa shape index (κ3) is 3.69. The smallest absolute Gasteiger partial charge is 0.317 e. The number of hydrogen-bond acceptors (Lipinski definition) is 4. The van der Waals surface area contributed by atoms with Crippen LogP contribution < -0.4 is 5.32 Å². The summed E-state index contributed by atoms with van der Waals surface area (Å²) in [4.78, 5) is 28.8. The Morgan fingerprint density at radius 1 is 1.65 bits per heavy atom. The Morgan fingerprint density at radius 3 is 3.05 bits per heavy atom. The molecule has 110 valence electrons. The fourth-order valence-corrected chi connectivity index (χ4v) is 3.19. The maximum absolute atomic E-state index is 12.2. The normalized spacial score (nSPS) is 19.9. The third-order valence-corrected chi connectivity index (χ3v) is 4.38. The minimum Gasteiger partial charge on any atom is -0.481 e. The van der Waals surface area contributed by atoms with Crippen LogP contribution in [0.3, 0.4) is 0 Å². The van der Waals surface area contributed by atoms with Gasteiger partial charge in [-0.25, -0.2) is 9.78 Å². The molecule has 0 radical (unpaired) electrons. The number of carboxylic acids is 1. The first-order chi connectivity index (χ1) is 9.60. The predicted molar refractivity (Wildman–Crippen MR) is 75.6 cm³/mol. The number of carbonyl (C=O) groups is 2. The summed E-state index contributed by atoms with van der Waals surface area (Å²) in [6, 6.07) is -0.194. The molecule has 1 saturated heterocycles. The average Bonchev–Trinajstić information content (AvgIpc) is 3.05. The van der Waals surface area contributed by atoms with E-state index in [0.29, 0.717) is 13.1 Å². The minimum absolute atomic E-state index is 0.0678. The van der Waals surface area contributed by atoms with Crippen molar-refractivity contribution < 1.29 is 14.7 Å². The van der Waals surface area contributed by atoms with Crippen molar-refractivity contribution in [3.8, 4) is 0 Å². The molecule has 1 aliphatic rings. The molecule has 1 fully saturated rings. The summed E-state index contributed by atoms with van der Waals surface area (Å²) in [6.45, 7) is 3.15. The van der Waals surface area contributed by atoms with Gasteiger partial charge in [0.15, 0.2) is 0 Å². The molecule has 2 N–H and O–H groups in total. The highest BCUT2D eigenvalue weighted by atomic mass is 32.1. The van der Waals surface area contributed by atoms with E-state index in [1.165, 1.54) is 11.3 Å². The zero-order valence-corrected chi connectivity index (χ0v) is 12.2. The number of hydrogen-bond donors (Lipinski definition) is 2. The van der Waals surface area contributed by atoms with Crippen LogP contribution in [0.2, 0.25) is 0 Å². The Bertz CT molecular complexity index is 463. The highest BCUT2D eigenvalue weighted by Gasteiger charge is 2.29. The zero-order chi connectivity index (χ0) is 14.5. The van der Waals surface area contributed by atoms with Crippen molar-refractivity contribution in [2.75, 3.05) is 13.1 Å². The largest absolute Gasteiger partial charge is 0.481 e. The third-order valence-electron chi connectivity index (χ3n) is 3.49. The molecule has 7 heteroatoms. The van der Waals surface area contributed by atoms with Gasteiger partial charge in [-0.05, 0) is 18.8 Å². The number of aromatic nitrogens is 1. The molecular formula is C13H19N3O3S. The van der Waals surface area contributed by atoms with Gasteiger partial charge in [-0.2, -0.15) is 0 Å². The van der Waals surface area contributed by atoms with E-state index in [1.54, 1.807) is 11.1 Å². The molecule has 20 heavy (non-hydrogen) atoms. The van der Waals surface area contributed by atoms with Crippen molar-refractivity contribution in [3.05, 3.63) is 16.6 Å².